The molecule has 10 atom stereocenters. The van der Waals surface area contributed by atoms with Crippen molar-refractivity contribution in [2.24, 2.45) is 41.4 Å². The van der Waals surface area contributed by atoms with Gasteiger partial charge in [0.15, 0.2) is 11.6 Å². The summed E-state index contributed by atoms with van der Waals surface area (Å²) < 4.78 is 0. The number of ketones is 2. The first kappa shape index (κ1) is 17.3. The SMILES string of the molecule is O=C1C=CC(=O)[C@]2(O)[C@@H]3C=C[C@@H](C3)[C@H]12.O[C@@H]1C=C[C@H](O)[C@H]2[C@@H]1[C@H]1C=C[C@@H]2C1. The van der Waals surface area contributed by atoms with Crippen molar-refractivity contribution in [1.82, 2.24) is 0 Å². The Labute approximate surface area is 157 Å². The van der Waals surface area contributed by atoms with Crippen molar-refractivity contribution in [1.29, 1.82) is 0 Å². The lowest BCUT2D eigenvalue weighted by Gasteiger charge is -2.36. The van der Waals surface area contributed by atoms with Gasteiger partial charge in [0.05, 0.1) is 18.1 Å². The minimum Gasteiger partial charge on any atom is -0.389 e. The summed E-state index contributed by atoms with van der Waals surface area (Å²) >= 11 is 0. The number of fused-ring (bicyclic) bond motifs is 10. The van der Waals surface area contributed by atoms with Crippen molar-refractivity contribution < 1.29 is 24.9 Å². The third-order valence-corrected chi connectivity index (χ3v) is 7.56. The minimum atomic E-state index is -1.43. The molecule has 0 aromatic rings. The van der Waals surface area contributed by atoms with Crippen LogP contribution in [0.1, 0.15) is 12.8 Å². The van der Waals surface area contributed by atoms with E-state index >= 15 is 0 Å². The van der Waals surface area contributed by atoms with Crippen molar-refractivity contribution in [2.45, 2.75) is 30.7 Å². The highest BCUT2D eigenvalue weighted by atomic mass is 16.3. The molecule has 0 aromatic carbocycles. The standard InChI is InChI=1S/C11H10O3.C11H14O2/c12-8-3-4-9(13)11(14)7-2-1-6(5-7)10(8)11;12-8-3-4-9(13)11-7-2-1-6(5-7)10(8)11/h1-4,6-7,10,14H,5H2;1-4,6-13H,5H2/t6-,7+,10+,11+;6-,7+,8+,9-,10+,11-/m0./s1. The van der Waals surface area contributed by atoms with Gasteiger partial charge < -0.3 is 15.3 Å². The van der Waals surface area contributed by atoms with E-state index in [-0.39, 0.29) is 47.4 Å². The quantitative estimate of drug-likeness (QED) is 0.554. The molecule has 0 aliphatic heterocycles. The van der Waals surface area contributed by atoms with Gasteiger partial charge in [0.25, 0.3) is 0 Å². The van der Waals surface area contributed by atoms with Gasteiger partial charge in [0, 0.05) is 17.8 Å². The molecule has 5 nitrogen and oxygen atoms in total. The second-order valence-corrected chi connectivity index (χ2v) is 8.76. The number of carbonyl (C=O) groups excluding carboxylic acids is 2. The van der Waals surface area contributed by atoms with Gasteiger partial charge in [-0.1, -0.05) is 36.5 Å². The summed E-state index contributed by atoms with van der Waals surface area (Å²) in [5.74, 6) is 0.530. The van der Waals surface area contributed by atoms with Crippen LogP contribution in [0.3, 0.4) is 0 Å². The Balaban J connectivity index is 0.000000119. The second-order valence-electron chi connectivity index (χ2n) is 8.76. The fraction of sp³-hybridized carbons (Fsp3) is 0.545. The highest BCUT2D eigenvalue weighted by Crippen LogP contribution is 2.53. The minimum absolute atomic E-state index is 0.0615. The first-order valence-electron chi connectivity index (χ1n) is 9.81. The number of rotatable bonds is 0. The van der Waals surface area contributed by atoms with Crippen LogP contribution in [0.15, 0.2) is 48.6 Å². The average Bonchev–Trinajstić information content (AvgIpc) is 3.41. The van der Waals surface area contributed by atoms with Gasteiger partial charge in [-0.3, -0.25) is 9.59 Å². The second kappa shape index (κ2) is 5.84. The van der Waals surface area contributed by atoms with Crippen LogP contribution in [0, 0.1) is 41.4 Å². The number of aliphatic hydroxyl groups is 3. The normalized spacial score (nSPS) is 52.8. The molecule has 5 heteroatoms. The van der Waals surface area contributed by atoms with Crippen molar-refractivity contribution >= 4 is 11.6 Å². The largest absolute Gasteiger partial charge is 0.389 e. The van der Waals surface area contributed by atoms with Crippen LogP contribution in [-0.2, 0) is 9.59 Å². The van der Waals surface area contributed by atoms with Gasteiger partial charge >= 0.3 is 0 Å². The van der Waals surface area contributed by atoms with Crippen molar-refractivity contribution in [3.63, 3.8) is 0 Å². The predicted molar refractivity (Wildman–Crippen MR) is 97.2 cm³/mol. The molecule has 6 aliphatic rings. The van der Waals surface area contributed by atoms with Crippen LogP contribution in [0.4, 0.5) is 0 Å². The first-order chi connectivity index (χ1) is 12.9. The fourth-order valence-corrected chi connectivity index (χ4v) is 6.36. The zero-order chi connectivity index (χ0) is 18.9. The maximum atomic E-state index is 11.6. The molecule has 4 bridgehead atoms. The van der Waals surface area contributed by atoms with E-state index in [1.165, 1.54) is 12.2 Å². The zero-order valence-electron chi connectivity index (χ0n) is 14.9. The number of carbonyl (C=O) groups is 2. The van der Waals surface area contributed by atoms with E-state index in [0.29, 0.717) is 11.8 Å². The monoisotopic (exact) mass is 368 g/mol. The van der Waals surface area contributed by atoms with Crippen LogP contribution in [-0.4, -0.2) is 44.7 Å². The van der Waals surface area contributed by atoms with E-state index in [1.807, 2.05) is 12.2 Å². The lowest BCUT2D eigenvalue weighted by molar-refractivity contribution is -0.148. The third kappa shape index (κ3) is 2.28. The number of hydrogen-bond donors (Lipinski definition) is 3. The molecule has 27 heavy (non-hydrogen) atoms. The summed E-state index contributed by atoms with van der Waals surface area (Å²) in [5.41, 5.74) is -1.43. The van der Waals surface area contributed by atoms with Gasteiger partial charge in [0.2, 0.25) is 0 Å². The van der Waals surface area contributed by atoms with E-state index in [2.05, 4.69) is 12.2 Å². The Hall–Kier alpha value is -1.82. The average molecular weight is 368 g/mol. The number of allylic oxidation sites excluding steroid dienone is 4. The fourth-order valence-electron chi connectivity index (χ4n) is 6.36. The van der Waals surface area contributed by atoms with Crippen LogP contribution in [0.5, 0.6) is 0 Å². The van der Waals surface area contributed by atoms with Gasteiger partial charge in [-0.2, -0.15) is 0 Å². The lowest BCUT2D eigenvalue weighted by atomic mass is 9.71. The summed E-state index contributed by atoms with van der Waals surface area (Å²) in [6.07, 6.45) is 15.4. The topological polar surface area (TPSA) is 94.8 Å². The van der Waals surface area contributed by atoms with E-state index in [9.17, 15) is 24.9 Å². The number of aliphatic hydroxyl groups excluding tert-OH is 2. The Morgan fingerprint density at radius 3 is 1.96 bits per heavy atom. The maximum Gasteiger partial charge on any atom is 0.188 e. The van der Waals surface area contributed by atoms with Crippen molar-refractivity contribution in [2.75, 3.05) is 0 Å². The molecule has 0 heterocycles. The Kier molecular flexibility index (Phi) is 3.74. The molecule has 0 spiro atoms. The summed E-state index contributed by atoms with van der Waals surface area (Å²) in [4.78, 5) is 23.2. The van der Waals surface area contributed by atoms with Crippen LogP contribution in [0.2, 0.25) is 0 Å². The van der Waals surface area contributed by atoms with Gasteiger partial charge in [-0.15, -0.1) is 0 Å². The summed E-state index contributed by atoms with van der Waals surface area (Å²) in [7, 11) is 0. The molecule has 0 saturated heterocycles. The van der Waals surface area contributed by atoms with Crippen LogP contribution >= 0.6 is 0 Å². The molecule has 3 N–H and O–H groups in total. The van der Waals surface area contributed by atoms with Gasteiger partial charge in [-0.25, -0.2) is 0 Å². The summed E-state index contributed by atoms with van der Waals surface area (Å²) in [6.45, 7) is 0. The molecule has 0 amide bonds. The molecule has 6 rings (SSSR count). The molecule has 2 saturated carbocycles. The smallest absolute Gasteiger partial charge is 0.188 e. The highest BCUT2D eigenvalue weighted by Gasteiger charge is 2.62. The Morgan fingerprint density at radius 1 is 0.778 bits per heavy atom. The Bertz CT molecular complexity index is 782. The van der Waals surface area contributed by atoms with E-state index in [1.54, 1.807) is 12.2 Å². The summed E-state index contributed by atoms with van der Waals surface area (Å²) in [6, 6.07) is 0. The van der Waals surface area contributed by atoms with Crippen molar-refractivity contribution in [3.05, 3.63) is 48.6 Å². The highest BCUT2D eigenvalue weighted by molar-refractivity contribution is 6.12. The molecule has 0 radical (unpaired) electrons. The third-order valence-electron chi connectivity index (χ3n) is 7.56. The molecule has 2 fully saturated rings. The molecule has 0 unspecified atom stereocenters. The van der Waals surface area contributed by atoms with Crippen LogP contribution < -0.4 is 0 Å². The van der Waals surface area contributed by atoms with E-state index in [4.69, 9.17) is 0 Å². The Morgan fingerprint density at radius 2 is 1.37 bits per heavy atom. The lowest BCUT2D eigenvalue weighted by Crippen LogP contribution is -2.53. The van der Waals surface area contributed by atoms with Crippen LogP contribution in [0.25, 0.3) is 0 Å². The maximum absolute atomic E-state index is 11.6. The van der Waals surface area contributed by atoms with E-state index < -0.39 is 11.5 Å². The molecule has 142 valence electrons. The molecular formula is C22H24O5. The zero-order valence-corrected chi connectivity index (χ0v) is 14.9. The molecular weight excluding hydrogens is 344 g/mol. The summed E-state index contributed by atoms with van der Waals surface area (Å²) in [5, 5.41) is 29.8. The van der Waals surface area contributed by atoms with Gasteiger partial charge in [-0.05, 0) is 42.7 Å². The van der Waals surface area contributed by atoms with Gasteiger partial charge in [0.1, 0.15) is 5.60 Å². The predicted octanol–water partition coefficient (Wildman–Crippen LogP) is 0.964. The van der Waals surface area contributed by atoms with Crippen molar-refractivity contribution in [3.8, 4) is 0 Å². The van der Waals surface area contributed by atoms with E-state index in [0.717, 1.165) is 12.8 Å². The molecule has 0 aromatic heterocycles. The first-order valence-corrected chi connectivity index (χ1v) is 9.81. The number of hydrogen-bond acceptors (Lipinski definition) is 5. The molecule has 6 aliphatic carbocycles.